The molecule has 1 saturated heterocycles. The minimum Gasteiger partial charge on any atom is -0.352 e. The molecule has 1 atom stereocenters. The summed E-state index contributed by atoms with van der Waals surface area (Å²) in [5.74, 6) is 0.420. The summed E-state index contributed by atoms with van der Waals surface area (Å²) >= 11 is 0. The molecule has 1 aliphatic carbocycles. The van der Waals surface area contributed by atoms with Crippen LogP contribution in [0.2, 0.25) is 0 Å². The van der Waals surface area contributed by atoms with Crippen molar-refractivity contribution >= 4 is 0 Å². The van der Waals surface area contributed by atoms with E-state index in [0.29, 0.717) is 5.92 Å². The number of ether oxygens (including phenoxy) is 2. The van der Waals surface area contributed by atoms with Gasteiger partial charge in [0.15, 0.2) is 6.29 Å². The highest BCUT2D eigenvalue weighted by molar-refractivity contribution is 5.11. The van der Waals surface area contributed by atoms with Crippen molar-refractivity contribution in [3.63, 3.8) is 0 Å². The molecule has 0 aromatic rings. The number of hydrogen-bond acceptors (Lipinski definition) is 2. The lowest BCUT2D eigenvalue weighted by atomic mass is 10.0. The maximum atomic E-state index is 5.64. The van der Waals surface area contributed by atoms with Gasteiger partial charge in [0.1, 0.15) is 0 Å². The lowest BCUT2D eigenvalue weighted by Crippen LogP contribution is -2.25. The molecule has 0 aromatic carbocycles. The smallest absolute Gasteiger partial charge is 0.164 e. The SMILES string of the molecule is C1=CCC(C2OCCCCO2)C=C1. The summed E-state index contributed by atoms with van der Waals surface area (Å²) in [5, 5.41) is 0. The van der Waals surface area contributed by atoms with Gasteiger partial charge >= 0.3 is 0 Å². The first-order valence-corrected chi connectivity index (χ1v) is 5.03. The molecule has 1 fully saturated rings. The fourth-order valence-corrected chi connectivity index (χ4v) is 1.70. The summed E-state index contributed by atoms with van der Waals surface area (Å²) in [4.78, 5) is 0. The summed E-state index contributed by atoms with van der Waals surface area (Å²) in [5.41, 5.74) is 0. The van der Waals surface area contributed by atoms with Crippen LogP contribution >= 0.6 is 0 Å². The Morgan fingerprint density at radius 3 is 2.38 bits per heavy atom. The molecule has 0 bridgehead atoms. The molecule has 2 aliphatic rings. The predicted octanol–water partition coefficient (Wildman–Crippen LogP) is 2.27. The van der Waals surface area contributed by atoms with Crippen LogP contribution in [-0.4, -0.2) is 19.5 Å². The molecule has 0 amide bonds. The van der Waals surface area contributed by atoms with Crippen LogP contribution in [-0.2, 0) is 9.47 Å². The lowest BCUT2D eigenvalue weighted by Gasteiger charge is -2.23. The zero-order valence-corrected chi connectivity index (χ0v) is 7.82. The molecule has 0 aromatic heterocycles. The van der Waals surface area contributed by atoms with Crippen molar-refractivity contribution in [1.29, 1.82) is 0 Å². The quantitative estimate of drug-likeness (QED) is 0.616. The van der Waals surface area contributed by atoms with Crippen LogP contribution in [0.15, 0.2) is 24.3 Å². The van der Waals surface area contributed by atoms with Crippen LogP contribution in [0.5, 0.6) is 0 Å². The van der Waals surface area contributed by atoms with E-state index in [2.05, 4.69) is 24.3 Å². The van der Waals surface area contributed by atoms with Gasteiger partial charge in [-0.25, -0.2) is 0 Å². The van der Waals surface area contributed by atoms with Crippen LogP contribution in [0.4, 0.5) is 0 Å². The molecule has 0 radical (unpaired) electrons. The largest absolute Gasteiger partial charge is 0.352 e. The molecule has 13 heavy (non-hydrogen) atoms. The zero-order valence-electron chi connectivity index (χ0n) is 7.82. The van der Waals surface area contributed by atoms with Gasteiger partial charge in [-0.3, -0.25) is 0 Å². The number of hydrogen-bond donors (Lipinski definition) is 0. The standard InChI is InChI=1S/C11H16O2/c1-2-6-10(7-3-1)11-12-8-4-5-9-13-11/h1-3,6,10-11H,4-5,7-9H2. The molecule has 0 saturated carbocycles. The third-order valence-electron chi connectivity index (χ3n) is 2.47. The molecule has 1 unspecified atom stereocenters. The molecular formula is C11H16O2. The van der Waals surface area contributed by atoms with Gasteiger partial charge in [-0.15, -0.1) is 0 Å². The topological polar surface area (TPSA) is 18.5 Å². The van der Waals surface area contributed by atoms with Crippen molar-refractivity contribution in [3.05, 3.63) is 24.3 Å². The second kappa shape index (κ2) is 4.58. The van der Waals surface area contributed by atoms with E-state index in [-0.39, 0.29) is 6.29 Å². The average Bonchev–Trinajstić information content (AvgIpc) is 2.47. The molecule has 1 heterocycles. The zero-order chi connectivity index (χ0) is 8.93. The van der Waals surface area contributed by atoms with E-state index in [1.807, 2.05) is 0 Å². The Labute approximate surface area is 79.2 Å². The normalized spacial score (nSPS) is 30.3. The van der Waals surface area contributed by atoms with Gasteiger partial charge in [0, 0.05) is 19.1 Å². The van der Waals surface area contributed by atoms with E-state index in [1.165, 1.54) is 0 Å². The number of allylic oxidation sites excluding steroid dienone is 3. The number of rotatable bonds is 1. The van der Waals surface area contributed by atoms with Crippen LogP contribution in [0.3, 0.4) is 0 Å². The molecule has 0 spiro atoms. The Morgan fingerprint density at radius 1 is 1.00 bits per heavy atom. The van der Waals surface area contributed by atoms with Gasteiger partial charge in [-0.05, 0) is 19.3 Å². The summed E-state index contributed by atoms with van der Waals surface area (Å²) in [6.45, 7) is 1.69. The summed E-state index contributed by atoms with van der Waals surface area (Å²) in [6.07, 6.45) is 11.8. The van der Waals surface area contributed by atoms with Crippen molar-refractivity contribution in [2.45, 2.75) is 25.6 Å². The molecule has 2 heteroatoms. The van der Waals surface area contributed by atoms with Gasteiger partial charge in [-0.2, -0.15) is 0 Å². The predicted molar refractivity (Wildman–Crippen MR) is 51.3 cm³/mol. The highest BCUT2D eigenvalue weighted by Gasteiger charge is 2.21. The Hall–Kier alpha value is -0.600. The minimum absolute atomic E-state index is 0.0105. The van der Waals surface area contributed by atoms with Crippen molar-refractivity contribution < 1.29 is 9.47 Å². The van der Waals surface area contributed by atoms with Crippen LogP contribution < -0.4 is 0 Å². The molecule has 1 aliphatic heterocycles. The van der Waals surface area contributed by atoms with Gasteiger partial charge in [0.2, 0.25) is 0 Å². The van der Waals surface area contributed by atoms with Crippen molar-refractivity contribution in [3.8, 4) is 0 Å². The van der Waals surface area contributed by atoms with Crippen LogP contribution in [0.1, 0.15) is 19.3 Å². The Bertz CT molecular complexity index is 200. The molecule has 0 N–H and O–H groups in total. The fraction of sp³-hybridized carbons (Fsp3) is 0.636. The van der Waals surface area contributed by atoms with E-state index < -0.39 is 0 Å². The maximum Gasteiger partial charge on any atom is 0.164 e. The highest BCUT2D eigenvalue weighted by Crippen LogP contribution is 2.21. The lowest BCUT2D eigenvalue weighted by molar-refractivity contribution is -0.147. The first kappa shape index (κ1) is 8.97. The van der Waals surface area contributed by atoms with Gasteiger partial charge in [0.25, 0.3) is 0 Å². The first-order chi connectivity index (χ1) is 6.47. The van der Waals surface area contributed by atoms with Crippen molar-refractivity contribution in [1.82, 2.24) is 0 Å². The summed E-state index contributed by atoms with van der Waals surface area (Å²) in [6, 6.07) is 0. The van der Waals surface area contributed by atoms with Gasteiger partial charge in [0.05, 0.1) is 0 Å². The van der Waals surface area contributed by atoms with E-state index >= 15 is 0 Å². The van der Waals surface area contributed by atoms with Gasteiger partial charge in [-0.1, -0.05) is 24.3 Å². The van der Waals surface area contributed by atoms with E-state index in [9.17, 15) is 0 Å². The third-order valence-corrected chi connectivity index (χ3v) is 2.47. The Balaban J connectivity index is 1.90. The molecule has 2 rings (SSSR count). The Kier molecular flexibility index (Phi) is 3.16. The summed E-state index contributed by atoms with van der Waals surface area (Å²) in [7, 11) is 0. The minimum atomic E-state index is -0.0105. The first-order valence-electron chi connectivity index (χ1n) is 5.03. The van der Waals surface area contributed by atoms with E-state index in [1.54, 1.807) is 0 Å². The van der Waals surface area contributed by atoms with Crippen LogP contribution in [0.25, 0.3) is 0 Å². The Morgan fingerprint density at radius 2 is 1.77 bits per heavy atom. The fourth-order valence-electron chi connectivity index (χ4n) is 1.70. The summed E-state index contributed by atoms with van der Waals surface area (Å²) < 4.78 is 11.3. The maximum absolute atomic E-state index is 5.64. The average molecular weight is 180 g/mol. The third kappa shape index (κ3) is 2.42. The second-order valence-corrected chi connectivity index (χ2v) is 3.53. The monoisotopic (exact) mass is 180 g/mol. The van der Waals surface area contributed by atoms with Crippen molar-refractivity contribution in [2.75, 3.05) is 13.2 Å². The van der Waals surface area contributed by atoms with Crippen molar-refractivity contribution in [2.24, 2.45) is 5.92 Å². The van der Waals surface area contributed by atoms with E-state index in [4.69, 9.17) is 9.47 Å². The van der Waals surface area contributed by atoms with Crippen LogP contribution in [0, 0.1) is 5.92 Å². The second-order valence-electron chi connectivity index (χ2n) is 3.53. The molecular weight excluding hydrogens is 164 g/mol. The molecule has 72 valence electrons. The van der Waals surface area contributed by atoms with Gasteiger partial charge < -0.3 is 9.47 Å². The molecule has 2 nitrogen and oxygen atoms in total. The highest BCUT2D eigenvalue weighted by atomic mass is 16.7. The van der Waals surface area contributed by atoms with E-state index in [0.717, 1.165) is 32.5 Å².